The summed E-state index contributed by atoms with van der Waals surface area (Å²) in [5.41, 5.74) is 4.10. The lowest BCUT2D eigenvalue weighted by Gasteiger charge is -2.16. The van der Waals surface area contributed by atoms with Gasteiger partial charge in [-0.3, -0.25) is 9.59 Å². The number of nitrogens with one attached hydrogen (secondary N) is 2. The summed E-state index contributed by atoms with van der Waals surface area (Å²) in [6.45, 7) is 5.42. The number of aryl methyl sites for hydroxylation is 2. The number of hydrogen-bond acceptors (Lipinski definition) is 4. The molecule has 1 saturated heterocycles. The zero-order valence-electron chi connectivity index (χ0n) is 15.3. The highest BCUT2D eigenvalue weighted by Crippen LogP contribution is 2.23. The van der Waals surface area contributed by atoms with Gasteiger partial charge in [0.1, 0.15) is 0 Å². The van der Waals surface area contributed by atoms with Crippen LogP contribution in [0, 0.1) is 6.92 Å². The molecule has 0 saturated carbocycles. The van der Waals surface area contributed by atoms with Crippen molar-refractivity contribution in [3.63, 3.8) is 0 Å². The molecular weight excluding hydrogens is 326 g/mol. The van der Waals surface area contributed by atoms with Crippen LogP contribution in [-0.2, 0) is 16.0 Å². The van der Waals surface area contributed by atoms with E-state index in [0.717, 1.165) is 12.1 Å². The van der Waals surface area contributed by atoms with Gasteiger partial charge in [0.05, 0.1) is 18.2 Å². The fraction of sp³-hybridized carbons (Fsp3) is 0.333. The minimum atomic E-state index is -0.451. The topological polar surface area (TPSA) is 61.4 Å². The first kappa shape index (κ1) is 18.1. The molecule has 1 aliphatic rings. The van der Waals surface area contributed by atoms with E-state index < -0.39 is 6.04 Å². The van der Waals surface area contributed by atoms with E-state index in [1.54, 1.807) is 0 Å². The summed E-state index contributed by atoms with van der Waals surface area (Å²) in [6.07, 6.45) is 1.14. The number of nitrogens with zero attached hydrogens (tertiary/aromatic N) is 1. The Balaban J connectivity index is 1.52. The van der Waals surface area contributed by atoms with E-state index in [9.17, 15) is 9.59 Å². The Morgan fingerprint density at radius 2 is 1.69 bits per heavy atom. The minimum absolute atomic E-state index is 0.150. The Labute approximate surface area is 154 Å². The second-order valence-electron chi connectivity index (χ2n) is 6.59. The Hall–Kier alpha value is -2.66. The molecule has 26 heavy (non-hydrogen) atoms. The zero-order chi connectivity index (χ0) is 18.5. The molecule has 2 aromatic rings. The van der Waals surface area contributed by atoms with Crippen LogP contribution in [0.1, 0.15) is 24.5 Å². The quantitative estimate of drug-likeness (QED) is 0.595. The third kappa shape index (κ3) is 4.11. The molecule has 0 aromatic heterocycles. The lowest BCUT2D eigenvalue weighted by Crippen LogP contribution is -2.40. The van der Waals surface area contributed by atoms with Crippen molar-refractivity contribution >= 4 is 23.2 Å². The maximum Gasteiger partial charge on any atom is 0.251 e. The molecule has 3 rings (SSSR count). The van der Waals surface area contributed by atoms with Gasteiger partial charge >= 0.3 is 0 Å². The molecule has 0 aliphatic carbocycles. The van der Waals surface area contributed by atoms with E-state index in [-0.39, 0.29) is 18.2 Å². The van der Waals surface area contributed by atoms with Gasteiger partial charge in [0.15, 0.2) is 0 Å². The van der Waals surface area contributed by atoms with Crippen LogP contribution in [-0.4, -0.2) is 30.9 Å². The van der Waals surface area contributed by atoms with Gasteiger partial charge in [-0.25, -0.2) is 4.90 Å². The molecule has 1 aliphatic heterocycles. The molecule has 1 heterocycles. The Bertz CT molecular complexity index is 769. The SMILES string of the molecule is CCc1ccc(N2C(=O)C[C@@H](NCCNc3ccc(C)cc3)C2=O)cc1. The second kappa shape index (κ2) is 8.15. The summed E-state index contributed by atoms with van der Waals surface area (Å²) in [7, 11) is 0. The summed E-state index contributed by atoms with van der Waals surface area (Å²) in [5.74, 6) is -0.321. The zero-order valence-corrected chi connectivity index (χ0v) is 15.3. The fourth-order valence-corrected chi connectivity index (χ4v) is 3.07. The maximum atomic E-state index is 12.6. The van der Waals surface area contributed by atoms with E-state index in [2.05, 4.69) is 36.6 Å². The van der Waals surface area contributed by atoms with Gasteiger partial charge in [-0.15, -0.1) is 0 Å². The van der Waals surface area contributed by atoms with Crippen LogP contribution in [0.15, 0.2) is 48.5 Å². The van der Waals surface area contributed by atoms with Gasteiger partial charge in [0.25, 0.3) is 5.91 Å². The Kier molecular flexibility index (Phi) is 5.68. The second-order valence-corrected chi connectivity index (χ2v) is 6.59. The molecule has 1 fully saturated rings. The van der Waals surface area contributed by atoms with Crippen LogP contribution < -0.4 is 15.5 Å². The van der Waals surface area contributed by atoms with Crippen LogP contribution >= 0.6 is 0 Å². The third-order valence-corrected chi connectivity index (χ3v) is 4.65. The number of benzene rings is 2. The molecule has 0 radical (unpaired) electrons. The molecule has 0 unspecified atom stereocenters. The van der Waals surface area contributed by atoms with Crippen LogP contribution in [0.25, 0.3) is 0 Å². The molecule has 5 nitrogen and oxygen atoms in total. The Morgan fingerprint density at radius 1 is 1.00 bits per heavy atom. The summed E-state index contributed by atoms with van der Waals surface area (Å²) in [6, 6.07) is 15.3. The predicted molar refractivity (Wildman–Crippen MR) is 104 cm³/mol. The lowest BCUT2D eigenvalue weighted by atomic mass is 10.1. The molecule has 5 heteroatoms. The number of carbonyl (C=O) groups excluding carboxylic acids is 2. The van der Waals surface area contributed by atoms with Gasteiger partial charge in [0.2, 0.25) is 5.91 Å². The predicted octanol–water partition coefficient (Wildman–Crippen LogP) is 2.89. The lowest BCUT2D eigenvalue weighted by molar-refractivity contribution is -0.121. The van der Waals surface area contributed by atoms with Crippen LogP contribution in [0.2, 0.25) is 0 Å². The molecule has 0 bridgehead atoms. The standard InChI is InChI=1S/C21H25N3O2/c1-3-16-6-10-18(11-7-16)24-20(25)14-19(21(24)26)23-13-12-22-17-8-4-15(2)5-9-17/h4-11,19,22-23H,3,12-14H2,1-2H3/t19-/m1/s1. The van der Waals surface area contributed by atoms with E-state index in [0.29, 0.717) is 18.8 Å². The van der Waals surface area contributed by atoms with Crippen molar-refractivity contribution in [1.82, 2.24) is 5.32 Å². The highest BCUT2D eigenvalue weighted by Gasteiger charge is 2.39. The first-order valence-corrected chi connectivity index (χ1v) is 9.08. The van der Waals surface area contributed by atoms with Crippen LogP contribution in [0.4, 0.5) is 11.4 Å². The monoisotopic (exact) mass is 351 g/mol. The van der Waals surface area contributed by atoms with Gasteiger partial charge in [-0.2, -0.15) is 0 Å². The summed E-state index contributed by atoms with van der Waals surface area (Å²) < 4.78 is 0. The molecule has 2 amide bonds. The Morgan fingerprint density at radius 3 is 2.35 bits per heavy atom. The van der Waals surface area contributed by atoms with Gasteiger partial charge in [-0.05, 0) is 43.2 Å². The molecule has 2 aromatic carbocycles. The highest BCUT2D eigenvalue weighted by molar-refractivity contribution is 6.22. The van der Waals surface area contributed by atoms with Crippen LogP contribution in [0.5, 0.6) is 0 Å². The van der Waals surface area contributed by atoms with E-state index in [1.807, 2.05) is 36.4 Å². The maximum absolute atomic E-state index is 12.6. The third-order valence-electron chi connectivity index (χ3n) is 4.65. The van der Waals surface area contributed by atoms with Gasteiger partial charge in [-0.1, -0.05) is 36.8 Å². The van der Waals surface area contributed by atoms with Crippen molar-refractivity contribution in [2.24, 2.45) is 0 Å². The number of rotatable bonds is 7. The molecular formula is C21H25N3O2. The molecule has 136 valence electrons. The average molecular weight is 351 g/mol. The van der Waals surface area contributed by atoms with Crippen molar-refractivity contribution in [3.05, 3.63) is 59.7 Å². The van der Waals surface area contributed by atoms with Crippen molar-refractivity contribution in [3.8, 4) is 0 Å². The number of amides is 2. The molecule has 0 spiro atoms. The van der Waals surface area contributed by atoms with Crippen molar-refractivity contribution < 1.29 is 9.59 Å². The minimum Gasteiger partial charge on any atom is -0.384 e. The smallest absolute Gasteiger partial charge is 0.251 e. The summed E-state index contributed by atoms with van der Waals surface area (Å²) in [4.78, 5) is 26.2. The summed E-state index contributed by atoms with van der Waals surface area (Å²) >= 11 is 0. The van der Waals surface area contributed by atoms with Crippen molar-refractivity contribution in [1.29, 1.82) is 0 Å². The number of hydrogen-bond donors (Lipinski definition) is 2. The average Bonchev–Trinajstić information content (AvgIpc) is 2.94. The van der Waals surface area contributed by atoms with Gasteiger partial charge < -0.3 is 10.6 Å². The van der Waals surface area contributed by atoms with Crippen LogP contribution in [0.3, 0.4) is 0 Å². The van der Waals surface area contributed by atoms with Gasteiger partial charge in [0, 0.05) is 18.8 Å². The van der Waals surface area contributed by atoms with E-state index in [1.165, 1.54) is 16.0 Å². The highest BCUT2D eigenvalue weighted by atomic mass is 16.2. The molecule has 1 atom stereocenters. The van der Waals surface area contributed by atoms with E-state index in [4.69, 9.17) is 0 Å². The fourth-order valence-electron chi connectivity index (χ4n) is 3.07. The van der Waals surface area contributed by atoms with Crippen molar-refractivity contribution in [2.75, 3.05) is 23.3 Å². The molecule has 2 N–H and O–H groups in total. The number of carbonyl (C=O) groups is 2. The normalized spacial score (nSPS) is 17.0. The first-order valence-electron chi connectivity index (χ1n) is 9.08. The van der Waals surface area contributed by atoms with Crippen molar-refractivity contribution in [2.45, 2.75) is 32.7 Å². The largest absolute Gasteiger partial charge is 0.384 e. The first-order chi connectivity index (χ1) is 12.6. The number of anilines is 2. The number of imide groups is 1. The summed E-state index contributed by atoms with van der Waals surface area (Å²) in [5, 5.41) is 6.50. The van der Waals surface area contributed by atoms with E-state index >= 15 is 0 Å².